The number of hydrogen-bond donors (Lipinski definition) is 1. The number of amides is 1. The van der Waals surface area contributed by atoms with Crippen molar-refractivity contribution in [2.45, 2.75) is 51.5 Å². The summed E-state index contributed by atoms with van der Waals surface area (Å²) >= 11 is 6.22. The summed E-state index contributed by atoms with van der Waals surface area (Å²) in [6.45, 7) is 7.28. The summed E-state index contributed by atoms with van der Waals surface area (Å²) in [7, 11) is -3.94. The fourth-order valence-electron chi connectivity index (χ4n) is 2.90. The van der Waals surface area contributed by atoms with Crippen LogP contribution in [0.3, 0.4) is 0 Å². The van der Waals surface area contributed by atoms with Gasteiger partial charge in [0.15, 0.2) is 0 Å². The fraction of sp³-hybridized carbons (Fsp3) is 0.381. The van der Waals surface area contributed by atoms with Crippen molar-refractivity contribution in [3.63, 3.8) is 0 Å². The zero-order valence-corrected chi connectivity index (χ0v) is 18.3. The molecule has 2 rings (SSSR count). The van der Waals surface area contributed by atoms with Crippen LogP contribution >= 0.6 is 11.6 Å². The molecule has 1 amide bonds. The number of sulfonamides is 1. The quantitative estimate of drug-likeness (QED) is 0.683. The minimum absolute atomic E-state index is 0.0110. The van der Waals surface area contributed by atoms with Gasteiger partial charge in [0.1, 0.15) is 6.54 Å². The van der Waals surface area contributed by atoms with Gasteiger partial charge in [-0.2, -0.15) is 0 Å². The van der Waals surface area contributed by atoms with E-state index in [9.17, 15) is 13.2 Å². The molecule has 0 aliphatic carbocycles. The van der Waals surface area contributed by atoms with Crippen molar-refractivity contribution < 1.29 is 13.2 Å². The van der Waals surface area contributed by atoms with Crippen LogP contribution in [0.15, 0.2) is 47.4 Å². The Bertz CT molecular complexity index is 923. The molecule has 0 radical (unpaired) electrons. The molecule has 0 atom stereocenters. The molecule has 1 N–H and O–H groups in total. The van der Waals surface area contributed by atoms with Gasteiger partial charge in [-0.05, 0) is 56.5 Å². The van der Waals surface area contributed by atoms with Crippen LogP contribution in [0.25, 0.3) is 0 Å². The van der Waals surface area contributed by atoms with Crippen LogP contribution in [0, 0.1) is 13.8 Å². The summed E-state index contributed by atoms with van der Waals surface area (Å²) in [5.41, 5.74) is 1.96. The van der Waals surface area contributed by atoms with E-state index in [1.165, 1.54) is 0 Å². The molecular weight excluding hydrogens is 396 g/mol. The first-order valence-electron chi connectivity index (χ1n) is 9.34. The second-order valence-electron chi connectivity index (χ2n) is 6.79. The number of hydrogen-bond acceptors (Lipinski definition) is 3. The predicted octanol–water partition coefficient (Wildman–Crippen LogP) is 4.46. The summed E-state index contributed by atoms with van der Waals surface area (Å²) in [5.74, 6) is -0.344. The lowest BCUT2D eigenvalue weighted by atomic mass is 10.1. The molecule has 0 spiro atoms. The minimum atomic E-state index is -3.94. The number of halogens is 1. The Morgan fingerprint density at radius 1 is 1.07 bits per heavy atom. The molecule has 0 aromatic heterocycles. The highest BCUT2D eigenvalue weighted by molar-refractivity contribution is 7.92. The van der Waals surface area contributed by atoms with Gasteiger partial charge < -0.3 is 5.32 Å². The van der Waals surface area contributed by atoms with E-state index in [4.69, 9.17) is 11.6 Å². The lowest BCUT2D eigenvalue weighted by Gasteiger charge is -2.27. The predicted molar refractivity (Wildman–Crippen MR) is 114 cm³/mol. The molecule has 2 aromatic rings. The van der Waals surface area contributed by atoms with Crippen LogP contribution in [-0.4, -0.2) is 26.9 Å². The number of benzene rings is 2. The number of aryl methyl sites for hydroxylation is 1. The zero-order chi connectivity index (χ0) is 20.9. The Kier molecular flexibility index (Phi) is 7.49. The average Bonchev–Trinajstić information content (AvgIpc) is 2.67. The normalized spacial score (nSPS) is 11.5. The van der Waals surface area contributed by atoms with Gasteiger partial charge in [-0.25, -0.2) is 8.42 Å². The van der Waals surface area contributed by atoms with E-state index in [1.807, 2.05) is 20.8 Å². The molecule has 5 nitrogen and oxygen atoms in total. The van der Waals surface area contributed by atoms with Crippen molar-refractivity contribution >= 4 is 33.2 Å². The Morgan fingerprint density at radius 2 is 1.68 bits per heavy atom. The summed E-state index contributed by atoms with van der Waals surface area (Å²) in [6.07, 6.45) is 1.56. The molecule has 28 heavy (non-hydrogen) atoms. The van der Waals surface area contributed by atoms with Crippen LogP contribution in [0.4, 0.5) is 5.69 Å². The van der Waals surface area contributed by atoms with Crippen molar-refractivity contribution in [1.82, 2.24) is 5.32 Å². The number of nitrogens with zero attached hydrogens (tertiary/aromatic N) is 1. The molecule has 0 saturated heterocycles. The maximum Gasteiger partial charge on any atom is 0.264 e. The summed E-state index contributed by atoms with van der Waals surface area (Å²) < 4.78 is 27.9. The van der Waals surface area contributed by atoms with Crippen molar-refractivity contribution in [2.75, 3.05) is 10.8 Å². The third-order valence-corrected chi connectivity index (χ3v) is 6.94. The second kappa shape index (κ2) is 9.43. The maximum absolute atomic E-state index is 13.4. The topological polar surface area (TPSA) is 66.5 Å². The molecule has 2 aromatic carbocycles. The van der Waals surface area contributed by atoms with Gasteiger partial charge in [-0.15, -0.1) is 0 Å². The average molecular weight is 423 g/mol. The first kappa shape index (κ1) is 22.2. The molecule has 0 fully saturated rings. The Hall–Kier alpha value is -2.05. The number of carbonyl (C=O) groups is 1. The highest BCUT2D eigenvalue weighted by atomic mass is 35.5. The molecule has 0 aliphatic heterocycles. The van der Waals surface area contributed by atoms with Gasteiger partial charge in [0.25, 0.3) is 10.0 Å². The van der Waals surface area contributed by atoms with Gasteiger partial charge in [0, 0.05) is 11.1 Å². The van der Waals surface area contributed by atoms with Crippen LogP contribution in [-0.2, 0) is 14.8 Å². The standard InChI is InChI=1S/C21H27ClN2O3S/c1-5-17(6-2)23-21(25)14-24(20-9-7-8-19(22)16(20)4)28(26,27)18-12-10-15(3)11-13-18/h7-13,17H,5-6,14H2,1-4H3,(H,23,25). The molecule has 0 aliphatic rings. The van der Waals surface area contributed by atoms with Gasteiger partial charge in [0.2, 0.25) is 5.91 Å². The number of anilines is 1. The summed E-state index contributed by atoms with van der Waals surface area (Å²) in [4.78, 5) is 12.8. The van der Waals surface area contributed by atoms with Crippen LogP contribution in [0.5, 0.6) is 0 Å². The maximum atomic E-state index is 13.4. The van der Waals surface area contributed by atoms with Crippen molar-refractivity contribution in [3.8, 4) is 0 Å². The third-order valence-electron chi connectivity index (χ3n) is 4.75. The Morgan fingerprint density at radius 3 is 2.25 bits per heavy atom. The van der Waals surface area contributed by atoms with E-state index in [0.29, 0.717) is 16.3 Å². The van der Waals surface area contributed by atoms with Crippen molar-refractivity contribution in [1.29, 1.82) is 0 Å². The Balaban J connectivity index is 2.48. The van der Waals surface area contributed by atoms with Crippen molar-refractivity contribution in [3.05, 3.63) is 58.6 Å². The molecule has 0 heterocycles. The van der Waals surface area contributed by atoms with Gasteiger partial charge in [-0.3, -0.25) is 9.10 Å². The van der Waals surface area contributed by atoms with Gasteiger partial charge >= 0.3 is 0 Å². The zero-order valence-electron chi connectivity index (χ0n) is 16.7. The first-order chi connectivity index (χ1) is 13.2. The summed E-state index contributed by atoms with van der Waals surface area (Å²) in [5, 5.41) is 3.35. The molecule has 0 saturated carbocycles. The molecule has 0 unspecified atom stereocenters. The van der Waals surface area contributed by atoms with E-state index in [0.717, 1.165) is 22.7 Å². The van der Waals surface area contributed by atoms with E-state index < -0.39 is 10.0 Å². The SMILES string of the molecule is CCC(CC)NC(=O)CN(c1cccc(Cl)c1C)S(=O)(=O)c1ccc(C)cc1. The molecule has 7 heteroatoms. The second-order valence-corrected chi connectivity index (χ2v) is 9.06. The largest absolute Gasteiger partial charge is 0.352 e. The smallest absolute Gasteiger partial charge is 0.264 e. The number of carbonyl (C=O) groups excluding carboxylic acids is 1. The van der Waals surface area contributed by atoms with Crippen LogP contribution in [0.2, 0.25) is 5.02 Å². The molecule has 152 valence electrons. The number of nitrogens with one attached hydrogen (secondary N) is 1. The molecular formula is C21H27ClN2O3S. The lowest BCUT2D eigenvalue weighted by Crippen LogP contribution is -2.44. The van der Waals surface area contributed by atoms with E-state index in [-0.39, 0.29) is 23.4 Å². The van der Waals surface area contributed by atoms with Gasteiger partial charge in [-0.1, -0.05) is 49.2 Å². The monoisotopic (exact) mass is 422 g/mol. The highest BCUT2D eigenvalue weighted by Crippen LogP contribution is 2.30. The lowest BCUT2D eigenvalue weighted by molar-refractivity contribution is -0.120. The van der Waals surface area contributed by atoms with E-state index in [2.05, 4.69) is 5.32 Å². The van der Waals surface area contributed by atoms with Crippen LogP contribution in [0.1, 0.15) is 37.8 Å². The van der Waals surface area contributed by atoms with Gasteiger partial charge in [0.05, 0.1) is 10.6 Å². The first-order valence-corrected chi connectivity index (χ1v) is 11.2. The summed E-state index contributed by atoms with van der Waals surface area (Å²) in [6, 6.07) is 11.6. The molecule has 0 bridgehead atoms. The Labute approximate surface area is 172 Å². The number of rotatable bonds is 8. The minimum Gasteiger partial charge on any atom is -0.352 e. The highest BCUT2D eigenvalue weighted by Gasteiger charge is 2.29. The van der Waals surface area contributed by atoms with Crippen LogP contribution < -0.4 is 9.62 Å². The van der Waals surface area contributed by atoms with E-state index in [1.54, 1.807) is 49.4 Å². The van der Waals surface area contributed by atoms with E-state index >= 15 is 0 Å². The van der Waals surface area contributed by atoms with Crippen molar-refractivity contribution in [2.24, 2.45) is 0 Å². The fourth-order valence-corrected chi connectivity index (χ4v) is 4.55. The third kappa shape index (κ3) is 5.06.